The monoisotopic (exact) mass is 414 g/mol. The number of fused-ring (bicyclic) bond motifs is 1. The molecule has 158 valence electrons. The summed E-state index contributed by atoms with van der Waals surface area (Å²) >= 11 is 0. The molecule has 0 spiro atoms. The Morgan fingerprint density at radius 1 is 0.935 bits per heavy atom. The third-order valence-corrected chi connectivity index (χ3v) is 5.77. The maximum Gasteiger partial charge on any atom is 0.177 e. The number of benzene rings is 2. The molecule has 5 rings (SSSR count). The van der Waals surface area contributed by atoms with Crippen LogP contribution in [0.1, 0.15) is 37.3 Å². The maximum atomic E-state index is 6.06. The Hall–Kier alpha value is -3.58. The second-order valence-electron chi connectivity index (χ2n) is 8.09. The van der Waals surface area contributed by atoms with E-state index in [0.29, 0.717) is 17.8 Å². The average molecular weight is 415 g/mol. The lowest BCUT2D eigenvalue weighted by atomic mass is 9.85. The number of aromatic nitrogens is 3. The predicted molar refractivity (Wildman–Crippen MR) is 123 cm³/mol. The van der Waals surface area contributed by atoms with Crippen LogP contribution in [0.3, 0.4) is 0 Å². The van der Waals surface area contributed by atoms with Crippen LogP contribution in [0.5, 0.6) is 11.5 Å². The number of nitrogens with zero attached hydrogens (tertiary/aromatic N) is 3. The number of imidazole rings is 1. The third kappa shape index (κ3) is 4.32. The lowest BCUT2D eigenvalue weighted by molar-refractivity contribution is 0.391. The Balaban J connectivity index is 1.37. The first-order valence-corrected chi connectivity index (χ1v) is 10.7. The van der Waals surface area contributed by atoms with Gasteiger partial charge in [0.25, 0.3) is 0 Å². The minimum atomic E-state index is 0.313. The van der Waals surface area contributed by atoms with Crippen molar-refractivity contribution in [3.8, 4) is 11.5 Å². The lowest BCUT2D eigenvalue weighted by Crippen LogP contribution is -2.25. The molecule has 7 nitrogen and oxygen atoms in total. The van der Waals surface area contributed by atoms with Crippen LogP contribution >= 0.6 is 0 Å². The summed E-state index contributed by atoms with van der Waals surface area (Å²) in [5.74, 6) is 2.44. The summed E-state index contributed by atoms with van der Waals surface area (Å²) in [6.45, 7) is 0. The van der Waals surface area contributed by atoms with Crippen molar-refractivity contribution in [1.29, 1.82) is 0 Å². The van der Waals surface area contributed by atoms with Crippen molar-refractivity contribution in [3.05, 3.63) is 72.6 Å². The fourth-order valence-electron chi connectivity index (χ4n) is 4.10. The van der Waals surface area contributed by atoms with Gasteiger partial charge in [-0.25, -0.2) is 9.50 Å². The molecule has 1 aliphatic carbocycles. The zero-order chi connectivity index (χ0) is 21.2. The summed E-state index contributed by atoms with van der Waals surface area (Å²) in [5.41, 5.74) is 15.7. The van der Waals surface area contributed by atoms with Crippen LogP contribution in [-0.2, 0) is 0 Å². The van der Waals surface area contributed by atoms with Crippen molar-refractivity contribution in [2.45, 2.75) is 37.6 Å². The van der Waals surface area contributed by atoms with E-state index in [1.807, 2.05) is 66.9 Å². The quantitative estimate of drug-likeness (QED) is 0.432. The van der Waals surface area contributed by atoms with Crippen molar-refractivity contribution in [1.82, 2.24) is 14.6 Å². The molecule has 31 heavy (non-hydrogen) atoms. The summed E-state index contributed by atoms with van der Waals surface area (Å²) in [4.78, 5) is 4.89. The second kappa shape index (κ2) is 8.28. The number of nitrogens with two attached hydrogens (primary N) is 2. The van der Waals surface area contributed by atoms with E-state index < -0.39 is 0 Å². The Morgan fingerprint density at radius 2 is 1.65 bits per heavy atom. The molecule has 0 unspecified atom stereocenters. The van der Waals surface area contributed by atoms with Gasteiger partial charge in [-0.2, -0.15) is 0 Å². The van der Waals surface area contributed by atoms with Crippen LogP contribution in [-0.4, -0.2) is 20.6 Å². The van der Waals surface area contributed by atoms with Crippen molar-refractivity contribution < 1.29 is 4.74 Å². The Kier molecular flexibility index (Phi) is 5.18. The normalized spacial score (nSPS) is 18.7. The first-order chi connectivity index (χ1) is 15.1. The van der Waals surface area contributed by atoms with E-state index in [9.17, 15) is 0 Å². The molecule has 1 fully saturated rings. The van der Waals surface area contributed by atoms with E-state index >= 15 is 0 Å². The van der Waals surface area contributed by atoms with Crippen molar-refractivity contribution in [3.63, 3.8) is 0 Å². The van der Waals surface area contributed by atoms with Gasteiger partial charge in [-0.15, -0.1) is 5.10 Å². The van der Waals surface area contributed by atoms with Crippen LogP contribution in [0.2, 0.25) is 0 Å². The minimum absolute atomic E-state index is 0.313. The molecule has 2 heterocycles. The highest BCUT2D eigenvalue weighted by Crippen LogP contribution is 2.33. The van der Waals surface area contributed by atoms with Gasteiger partial charge in [-0.05, 0) is 62.1 Å². The van der Waals surface area contributed by atoms with Gasteiger partial charge in [0.15, 0.2) is 5.65 Å². The number of hydrogen-bond acceptors (Lipinski definition) is 6. The molecule has 1 saturated carbocycles. The van der Waals surface area contributed by atoms with Gasteiger partial charge in [0.1, 0.15) is 17.3 Å². The van der Waals surface area contributed by atoms with Gasteiger partial charge >= 0.3 is 0 Å². The molecule has 0 radical (unpaired) electrons. The molecular weight excluding hydrogens is 388 g/mol. The molecule has 0 atom stereocenters. The Morgan fingerprint density at radius 3 is 2.39 bits per heavy atom. The summed E-state index contributed by atoms with van der Waals surface area (Å²) in [5, 5.41) is 7.84. The molecule has 5 N–H and O–H groups in total. The zero-order valence-corrected chi connectivity index (χ0v) is 17.2. The summed E-state index contributed by atoms with van der Waals surface area (Å²) in [6.07, 6.45) is 6.20. The number of ether oxygens (including phenoxy) is 1. The Labute approximate surface area is 181 Å². The van der Waals surface area contributed by atoms with Crippen molar-refractivity contribution >= 4 is 22.8 Å². The number of anilines is 3. The molecule has 4 aromatic rings. The van der Waals surface area contributed by atoms with Crippen LogP contribution in [0, 0.1) is 0 Å². The van der Waals surface area contributed by atoms with E-state index in [2.05, 4.69) is 10.4 Å². The third-order valence-electron chi connectivity index (χ3n) is 5.77. The number of para-hydroxylation sites is 1. The highest BCUT2D eigenvalue weighted by molar-refractivity contribution is 5.75. The highest BCUT2D eigenvalue weighted by atomic mass is 16.5. The highest BCUT2D eigenvalue weighted by Gasteiger charge is 2.23. The molecule has 7 heteroatoms. The van der Waals surface area contributed by atoms with E-state index in [1.54, 1.807) is 4.52 Å². The van der Waals surface area contributed by atoms with E-state index in [1.165, 1.54) is 0 Å². The number of nitrogens with one attached hydrogen (secondary N) is 1. The van der Waals surface area contributed by atoms with Crippen LogP contribution in [0.25, 0.3) is 5.65 Å². The predicted octanol–water partition coefficient (Wildman–Crippen LogP) is 4.83. The number of hydrogen-bond donors (Lipinski definition) is 3. The second-order valence-corrected chi connectivity index (χ2v) is 8.09. The number of rotatable bonds is 5. The maximum absolute atomic E-state index is 6.06. The largest absolute Gasteiger partial charge is 0.457 e. The van der Waals surface area contributed by atoms with Gasteiger partial charge < -0.3 is 21.5 Å². The topological polar surface area (TPSA) is 103 Å². The van der Waals surface area contributed by atoms with Crippen molar-refractivity contribution in [2.24, 2.45) is 5.73 Å². The van der Waals surface area contributed by atoms with Crippen molar-refractivity contribution in [2.75, 3.05) is 11.1 Å². The minimum Gasteiger partial charge on any atom is -0.457 e. The fraction of sp³-hybridized carbons (Fsp3) is 0.250. The first-order valence-electron chi connectivity index (χ1n) is 10.7. The lowest BCUT2D eigenvalue weighted by Gasteiger charge is -2.24. The first kappa shape index (κ1) is 19.4. The van der Waals surface area contributed by atoms with E-state index in [-0.39, 0.29) is 0 Å². The molecule has 1 aliphatic rings. The van der Waals surface area contributed by atoms with Crippen LogP contribution < -0.4 is 21.5 Å². The molecule has 2 aromatic heterocycles. The standard InChI is InChI=1S/C24H26N6O/c25-17-8-6-16(7-9-17)22-15-30-24(28-22)21(14-23(26)29-30)27-18-10-12-20(13-11-18)31-19-4-2-1-3-5-19/h1-5,10-17,27H,6-9,25H2,(H2,26,29)/t16-,17-. The average Bonchev–Trinajstić information content (AvgIpc) is 3.20. The molecule has 0 aliphatic heterocycles. The summed E-state index contributed by atoms with van der Waals surface area (Å²) < 4.78 is 7.64. The molecule has 2 aromatic carbocycles. The van der Waals surface area contributed by atoms with Gasteiger partial charge in [0.2, 0.25) is 0 Å². The smallest absolute Gasteiger partial charge is 0.177 e. The van der Waals surface area contributed by atoms with E-state index in [0.717, 1.165) is 59.9 Å². The van der Waals surface area contributed by atoms with Gasteiger partial charge in [-0.1, -0.05) is 18.2 Å². The van der Waals surface area contributed by atoms with Gasteiger partial charge in [0.05, 0.1) is 17.6 Å². The molecule has 0 amide bonds. The SMILES string of the molecule is Nc1cc(Nc2ccc(Oc3ccccc3)cc2)c2nc([C@H]3CC[C@H](N)CC3)cn2n1. The fourth-order valence-corrected chi connectivity index (χ4v) is 4.10. The molecular formula is C24H26N6O. The van der Waals surface area contributed by atoms with Gasteiger partial charge in [0, 0.05) is 23.7 Å². The molecule has 0 bridgehead atoms. The van der Waals surface area contributed by atoms with E-state index in [4.69, 9.17) is 21.2 Å². The van der Waals surface area contributed by atoms with Crippen LogP contribution in [0.15, 0.2) is 66.9 Å². The van der Waals surface area contributed by atoms with Crippen LogP contribution in [0.4, 0.5) is 17.2 Å². The summed E-state index contributed by atoms with van der Waals surface area (Å²) in [6, 6.07) is 19.6. The van der Waals surface area contributed by atoms with Gasteiger partial charge in [-0.3, -0.25) is 0 Å². The summed E-state index contributed by atoms with van der Waals surface area (Å²) in [7, 11) is 0. The Bertz CT molecular complexity index is 1160. The zero-order valence-electron chi connectivity index (χ0n) is 17.2. The number of nitrogen functional groups attached to an aromatic ring is 1. The molecule has 0 saturated heterocycles.